The number of aromatic amines is 1. The predicted molar refractivity (Wildman–Crippen MR) is 101 cm³/mol. The Kier molecular flexibility index (Phi) is 7.40. The van der Waals surface area contributed by atoms with E-state index in [4.69, 9.17) is 19.4 Å². The number of hydrogen-bond donors (Lipinski definition) is 7. The number of phosphoric acid groups is 3. The van der Waals surface area contributed by atoms with Crippen LogP contribution in [0.25, 0.3) is 11.4 Å². The average molecular weight is 536 g/mol. The van der Waals surface area contributed by atoms with Gasteiger partial charge < -0.3 is 39.5 Å². The number of nitrogens with one attached hydrogen (secondary N) is 1. The first-order chi connectivity index (χ1) is 15.1. The van der Waals surface area contributed by atoms with Crippen LogP contribution in [0.15, 0.2) is 23.0 Å². The minimum absolute atomic E-state index is 0.0963. The number of aliphatic hydroxyl groups is 2. The second kappa shape index (κ2) is 9.32. The van der Waals surface area contributed by atoms with Crippen LogP contribution < -0.4 is 5.56 Å². The number of rotatable bonds is 8. The highest BCUT2D eigenvalue weighted by atomic mass is 31.3. The molecule has 20 heteroatoms. The van der Waals surface area contributed by atoms with Crippen LogP contribution >= 0.6 is 23.5 Å². The van der Waals surface area contributed by atoms with Gasteiger partial charge in [-0.3, -0.25) is 9.32 Å². The number of fused-ring (bicyclic) bond motifs is 1. The third-order valence-corrected chi connectivity index (χ3v) is 7.98. The Morgan fingerprint density at radius 2 is 1.73 bits per heavy atom. The van der Waals surface area contributed by atoms with Crippen LogP contribution in [0.3, 0.4) is 0 Å². The molecular formula is C13H16FN2O14P3. The van der Waals surface area contributed by atoms with Crippen LogP contribution in [0.5, 0.6) is 0 Å². The minimum atomic E-state index is -5.75. The molecule has 184 valence electrons. The first-order valence-corrected chi connectivity index (χ1v) is 13.1. The zero-order valence-corrected chi connectivity index (χ0v) is 18.5. The van der Waals surface area contributed by atoms with Gasteiger partial charge in [0.25, 0.3) is 5.56 Å². The summed E-state index contributed by atoms with van der Waals surface area (Å²) in [4.78, 5) is 53.7. The Hall–Kier alpha value is -1.42. The maximum atomic E-state index is 13.3. The summed E-state index contributed by atoms with van der Waals surface area (Å²) in [6.45, 7) is -1.05. The van der Waals surface area contributed by atoms with Gasteiger partial charge in [0, 0.05) is 5.56 Å². The highest BCUT2D eigenvalue weighted by Gasteiger charge is 2.47. The van der Waals surface area contributed by atoms with Crippen molar-refractivity contribution in [3.05, 3.63) is 40.1 Å². The summed E-state index contributed by atoms with van der Waals surface area (Å²) in [5.74, 6) is -0.859. The Bertz CT molecular complexity index is 1200. The maximum absolute atomic E-state index is 13.3. The number of H-pyrrole nitrogens is 1. The van der Waals surface area contributed by atoms with Crippen molar-refractivity contribution in [2.24, 2.45) is 0 Å². The van der Waals surface area contributed by atoms with Crippen LogP contribution in [0.2, 0.25) is 0 Å². The van der Waals surface area contributed by atoms with Crippen LogP contribution in [-0.2, 0) is 31.6 Å². The lowest BCUT2D eigenvalue weighted by molar-refractivity contribution is -0.0226. The molecule has 6 atom stereocenters. The molecule has 0 bridgehead atoms. The number of hydrogen-bond acceptors (Lipinski definition) is 11. The van der Waals surface area contributed by atoms with Crippen molar-refractivity contribution in [3.8, 4) is 11.4 Å². The van der Waals surface area contributed by atoms with E-state index in [-0.39, 0.29) is 17.0 Å². The summed E-state index contributed by atoms with van der Waals surface area (Å²) in [7, 11) is -16.8. The summed E-state index contributed by atoms with van der Waals surface area (Å²) < 4.78 is 63.8. The predicted octanol–water partition coefficient (Wildman–Crippen LogP) is -0.481. The van der Waals surface area contributed by atoms with Gasteiger partial charge in [-0.25, -0.2) is 13.7 Å². The minimum Gasteiger partial charge on any atom is -0.387 e. The van der Waals surface area contributed by atoms with Crippen molar-refractivity contribution in [1.82, 2.24) is 9.97 Å². The van der Waals surface area contributed by atoms with E-state index in [9.17, 15) is 38.0 Å². The fraction of sp³-hybridized carbons (Fsp3) is 0.385. The molecule has 0 spiro atoms. The first kappa shape index (κ1) is 26.2. The van der Waals surface area contributed by atoms with E-state index in [2.05, 4.69) is 23.1 Å². The van der Waals surface area contributed by atoms with E-state index in [0.29, 0.717) is 0 Å². The zero-order valence-electron chi connectivity index (χ0n) is 15.9. The Morgan fingerprint density at radius 1 is 1.06 bits per heavy atom. The summed E-state index contributed by atoms with van der Waals surface area (Å²) in [6, 6.07) is 3.54. The Balaban J connectivity index is 1.73. The van der Waals surface area contributed by atoms with Crippen molar-refractivity contribution in [1.29, 1.82) is 0 Å². The number of aromatic nitrogens is 2. The molecule has 7 N–H and O–H groups in total. The molecule has 3 unspecified atom stereocenters. The summed E-state index contributed by atoms with van der Waals surface area (Å²) in [5, 5.41) is 20.4. The number of phosphoric ester groups is 1. The van der Waals surface area contributed by atoms with Gasteiger partial charge in [-0.2, -0.15) is 18.0 Å². The highest BCUT2D eigenvalue weighted by molar-refractivity contribution is 7.66. The van der Waals surface area contributed by atoms with E-state index in [1.54, 1.807) is 0 Å². The molecule has 0 aromatic carbocycles. The molecule has 16 nitrogen and oxygen atoms in total. The number of pyridine rings is 2. The first-order valence-electron chi connectivity index (χ1n) is 8.56. The van der Waals surface area contributed by atoms with Crippen molar-refractivity contribution in [3.63, 3.8) is 0 Å². The molecule has 1 fully saturated rings. The van der Waals surface area contributed by atoms with Crippen molar-refractivity contribution >= 4 is 23.5 Å². The van der Waals surface area contributed by atoms with Crippen molar-refractivity contribution in [2.75, 3.05) is 6.61 Å². The van der Waals surface area contributed by atoms with E-state index in [1.807, 2.05) is 0 Å². The number of ether oxygens (including phenoxy) is 1. The molecule has 0 aromatic heterocycles. The van der Waals surface area contributed by atoms with Crippen LogP contribution in [0, 0.1) is 5.95 Å². The molecule has 3 aliphatic heterocycles. The molecule has 3 rings (SSSR count). The number of aliphatic hydroxyl groups excluding tert-OH is 2. The average Bonchev–Trinajstić information content (AvgIpc) is 2.91. The number of nitrogens with zero attached hydrogens (tertiary/aromatic N) is 1. The molecule has 0 aromatic rings. The van der Waals surface area contributed by atoms with Crippen molar-refractivity contribution in [2.45, 2.75) is 24.4 Å². The third-order valence-electron chi connectivity index (χ3n) is 4.18. The maximum Gasteiger partial charge on any atom is 0.490 e. The second-order valence-electron chi connectivity index (χ2n) is 6.59. The lowest BCUT2D eigenvalue weighted by Gasteiger charge is -2.19. The monoisotopic (exact) mass is 536 g/mol. The van der Waals surface area contributed by atoms with Gasteiger partial charge in [0.1, 0.15) is 30.2 Å². The van der Waals surface area contributed by atoms with Crippen LogP contribution in [0.4, 0.5) is 4.39 Å². The molecule has 0 amide bonds. The molecule has 3 aliphatic rings. The van der Waals surface area contributed by atoms with Gasteiger partial charge in [-0.05, 0) is 18.2 Å². The molecule has 3 heterocycles. The van der Waals surface area contributed by atoms with Crippen LogP contribution in [-0.4, -0.2) is 64.7 Å². The Labute approximate surface area is 182 Å². The largest absolute Gasteiger partial charge is 0.490 e. The van der Waals surface area contributed by atoms with E-state index >= 15 is 0 Å². The smallest absolute Gasteiger partial charge is 0.387 e. The summed E-state index contributed by atoms with van der Waals surface area (Å²) in [5.41, 5.74) is -0.919. The molecular weight excluding hydrogens is 520 g/mol. The SMILES string of the molecule is O=c1nc2[nH]c(F)ccc-2cc1[C@@H]1O[C@H](COP(=O)(O)OP(=O)(O)OP(=O)(O)O)[C@H](O)C1O. The molecule has 0 saturated carbocycles. The Morgan fingerprint density at radius 3 is 2.36 bits per heavy atom. The lowest BCUT2D eigenvalue weighted by Crippen LogP contribution is -2.33. The third kappa shape index (κ3) is 6.59. The fourth-order valence-corrected chi connectivity index (χ4v) is 5.92. The van der Waals surface area contributed by atoms with Crippen LogP contribution in [0.1, 0.15) is 11.7 Å². The fourth-order valence-electron chi connectivity index (χ4n) is 2.89. The normalized spacial score (nSPS) is 27.4. The van der Waals surface area contributed by atoms with Gasteiger partial charge in [0.05, 0.1) is 12.2 Å². The van der Waals surface area contributed by atoms with Gasteiger partial charge in [-0.15, -0.1) is 0 Å². The topological polar surface area (TPSA) is 255 Å². The van der Waals surface area contributed by atoms with E-state index < -0.39 is 66.0 Å². The lowest BCUT2D eigenvalue weighted by atomic mass is 10.0. The number of halogens is 1. The van der Waals surface area contributed by atoms with E-state index in [1.165, 1.54) is 12.1 Å². The van der Waals surface area contributed by atoms with Gasteiger partial charge in [0.2, 0.25) is 0 Å². The molecule has 33 heavy (non-hydrogen) atoms. The summed E-state index contributed by atoms with van der Waals surface area (Å²) in [6.07, 6.45) is -6.62. The van der Waals surface area contributed by atoms with Gasteiger partial charge in [0.15, 0.2) is 5.95 Å². The molecule has 0 radical (unpaired) electrons. The molecule has 1 saturated heterocycles. The molecule has 0 aliphatic carbocycles. The quantitative estimate of drug-likeness (QED) is 0.166. The standard InChI is InChI=1S/C13H16FN2O14P3/c14-8-2-1-5-3-6(13(19)16-12(5)15-8)11-10(18)9(17)7(28-11)4-27-32(23,24)30-33(25,26)29-31(20,21)22/h1-3,7,9-11,17-18H,4H2,(H,23,24)(H,25,26)(H,15,16,19)(H2,20,21,22)/t7-,9+,10?,11+/m1/s1. The van der Waals surface area contributed by atoms with Gasteiger partial charge >= 0.3 is 23.5 Å². The summed E-state index contributed by atoms with van der Waals surface area (Å²) >= 11 is 0. The second-order valence-corrected chi connectivity index (χ2v) is 11.0. The van der Waals surface area contributed by atoms with Gasteiger partial charge in [-0.1, -0.05) is 0 Å². The van der Waals surface area contributed by atoms with E-state index in [0.717, 1.165) is 6.07 Å². The van der Waals surface area contributed by atoms with Crippen molar-refractivity contribution < 1.29 is 65.8 Å². The zero-order chi connectivity index (χ0) is 24.8. The highest BCUT2D eigenvalue weighted by Crippen LogP contribution is 2.66.